The summed E-state index contributed by atoms with van der Waals surface area (Å²) >= 11 is 0. The summed E-state index contributed by atoms with van der Waals surface area (Å²) in [6.07, 6.45) is 8.50. The summed E-state index contributed by atoms with van der Waals surface area (Å²) in [5.41, 5.74) is 0. The number of hydrogen-bond acceptors (Lipinski definition) is 12. The van der Waals surface area contributed by atoms with Crippen molar-refractivity contribution >= 4 is 5.97 Å². The first-order valence-corrected chi connectivity index (χ1v) is 20.9. The summed E-state index contributed by atoms with van der Waals surface area (Å²) in [5, 5.41) is 63.1. The fourth-order valence-corrected chi connectivity index (χ4v) is 7.06. The molecule has 308 valence electrons. The van der Waals surface area contributed by atoms with Crippen molar-refractivity contribution in [3.63, 3.8) is 0 Å². The molecule has 0 amide bonds. The zero-order chi connectivity index (χ0) is 38.3. The first-order valence-electron chi connectivity index (χ1n) is 20.9. The molecule has 2 saturated heterocycles. The summed E-state index contributed by atoms with van der Waals surface area (Å²) in [5.74, 6) is -0.615. The molecule has 52 heavy (non-hydrogen) atoms. The van der Waals surface area contributed by atoms with Crippen LogP contribution in [0.15, 0.2) is 0 Å². The van der Waals surface area contributed by atoms with Crippen LogP contribution in [0, 0.1) is 0 Å². The molecular weight excluding hydrogens is 672 g/mol. The van der Waals surface area contributed by atoms with Crippen LogP contribution >= 0.6 is 0 Å². The summed E-state index contributed by atoms with van der Waals surface area (Å²) < 4.78 is 29.1. The van der Waals surface area contributed by atoms with Gasteiger partial charge >= 0.3 is 5.97 Å². The highest BCUT2D eigenvalue weighted by Gasteiger charge is 2.50. The Morgan fingerprint density at radius 1 is 0.558 bits per heavy atom. The summed E-state index contributed by atoms with van der Waals surface area (Å²) in [6.45, 7) is 7.51. The van der Waals surface area contributed by atoms with Crippen LogP contribution in [-0.4, -0.2) is 110 Å². The standard InChI is InChI=1S/C40H76O12/c1-5-7-9-11-13-15-16-18-20-22-24-26-31(41)51-32(42)27-30(25-23-21-19-17-14-12-10-8-6-2)50-40-38(36(46)34(44)29(4)49-40)52-39-37(47)35(45)33(43)28(3)48-39/h28-31,33-41,43-47H,5-27H2,1-4H3/t28?,29?,30-,31-,33+,34+,35?,36?,37?,38+,39+,40+/m1/s1. The van der Waals surface area contributed by atoms with Gasteiger partial charge in [-0.15, -0.1) is 0 Å². The molecule has 2 heterocycles. The minimum atomic E-state index is -1.65. The van der Waals surface area contributed by atoms with E-state index in [0.717, 1.165) is 44.9 Å². The molecule has 2 aliphatic heterocycles. The van der Waals surface area contributed by atoms with Crippen molar-refractivity contribution in [2.45, 2.75) is 249 Å². The van der Waals surface area contributed by atoms with Gasteiger partial charge < -0.3 is 54.3 Å². The molecule has 5 unspecified atom stereocenters. The number of carbonyl (C=O) groups excluding carboxylic acids is 1. The Morgan fingerprint density at radius 3 is 1.48 bits per heavy atom. The van der Waals surface area contributed by atoms with Gasteiger partial charge in [0.25, 0.3) is 0 Å². The fraction of sp³-hybridized carbons (Fsp3) is 0.975. The minimum absolute atomic E-state index is 0.170. The van der Waals surface area contributed by atoms with E-state index in [-0.39, 0.29) is 6.42 Å². The van der Waals surface area contributed by atoms with Crippen LogP contribution in [0.4, 0.5) is 0 Å². The average Bonchev–Trinajstić information content (AvgIpc) is 3.11. The molecule has 0 aromatic carbocycles. The highest BCUT2D eigenvalue weighted by atomic mass is 16.8. The molecule has 0 aromatic rings. The molecule has 6 N–H and O–H groups in total. The number of carbonyl (C=O) groups is 1. The Hall–Kier alpha value is -0.930. The molecule has 0 bridgehead atoms. The van der Waals surface area contributed by atoms with Crippen molar-refractivity contribution in [3.05, 3.63) is 0 Å². The van der Waals surface area contributed by atoms with Gasteiger partial charge in [-0.25, -0.2) is 0 Å². The first-order chi connectivity index (χ1) is 25.0. The number of aliphatic hydroxyl groups is 6. The molecule has 0 spiro atoms. The third-order valence-electron chi connectivity index (χ3n) is 10.6. The summed E-state index contributed by atoms with van der Waals surface area (Å²) in [7, 11) is 0. The second-order valence-electron chi connectivity index (χ2n) is 15.3. The smallest absolute Gasteiger partial charge is 0.310 e. The maximum absolute atomic E-state index is 13.1. The third-order valence-corrected chi connectivity index (χ3v) is 10.6. The molecule has 0 radical (unpaired) electrons. The van der Waals surface area contributed by atoms with Gasteiger partial charge in [0.15, 0.2) is 12.6 Å². The predicted molar refractivity (Wildman–Crippen MR) is 198 cm³/mol. The van der Waals surface area contributed by atoms with Gasteiger partial charge in [0.1, 0.15) is 36.6 Å². The van der Waals surface area contributed by atoms with Crippen molar-refractivity contribution in [1.82, 2.24) is 0 Å². The quantitative estimate of drug-likeness (QED) is 0.0302. The Kier molecular flexibility index (Phi) is 25.1. The fourth-order valence-electron chi connectivity index (χ4n) is 7.06. The van der Waals surface area contributed by atoms with E-state index in [1.54, 1.807) is 6.92 Å². The zero-order valence-corrected chi connectivity index (χ0v) is 32.8. The molecule has 2 fully saturated rings. The van der Waals surface area contributed by atoms with Crippen LogP contribution in [0.5, 0.6) is 0 Å². The Morgan fingerprint density at radius 2 is 0.981 bits per heavy atom. The van der Waals surface area contributed by atoms with Crippen molar-refractivity contribution in [2.75, 3.05) is 0 Å². The van der Waals surface area contributed by atoms with Gasteiger partial charge in [-0.05, 0) is 26.7 Å². The van der Waals surface area contributed by atoms with Crippen LogP contribution in [0.1, 0.15) is 175 Å². The van der Waals surface area contributed by atoms with Crippen LogP contribution in [-0.2, 0) is 28.5 Å². The molecule has 12 atom stereocenters. The molecule has 2 rings (SSSR count). The Balaban J connectivity index is 1.94. The number of esters is 1. The second-order valence-corrected chi connectivity index (χ2v) is 15.3. The van der Waals surface area contributed by atoms with Crippen LogP contribution in [0.25, 0.3) is 0 Å². The Bertz CT molecular complexity index is 895. The molecule has 0 aromatic heterocycles. The largest absolute Gasteiger partial charge is 0.436 e. The highest BCUT2D eigenvalue weighted by molar-refractivity contribution is 5.70. The second kappa shape index (κ2) is 27.6. The minimum Gasteiger partial charge on any atom is -0.436 e. The first kappa shape index (κ1) is 47.2. The van der Waals surface area contributed by atoms with Crippen LogP contribution in [0.3, 0.4) is 0 Å². The van der Waals surface area contributed by atoms with Crippen molar-refractivity contribution in [2.24, 2.45) is 0 Å². The summed E-state index contributed by atoms with van der Waals surface area (Å²) in [4.78, 5) is 13.1. The molecule has 12 heteroatoms. The van der Waals surface area contributed by atoms with E-state index in [0.29, 0.717) is 12.8 Å². The van der Waals surface area contributed by atoms with E-state index >= 15 is 0 Å². The van der Waals surface area contributed by atoms with E-state index in [1.165, 1.54) is 90.4 Å². The SMILES string of the molecule is CCCCCCCCCCCCC[C@H](O)OC(=O)C[C@@H](CCCCCCCCCCC)O[C@@H]1OC(C)[C@H](O)C(O)[C@@H]1O[C@@H]1OC(C)[C@H](O)C(O)C1O. The van der Waals surface area contributed by atoms with Gasteiger partial charge in [-0.2, -0.15) is 0 Å². The molecule has 0 saturated carbocycles. The molecule has 2 aliphatic rings. The lowest BCUT2D eigenvalue weighted by Gasteiger charge is -2.46. The van der Waals surface area contributed by atoms with Gasteiger partial charge in [0.05, 0.1) is 24.7 Å². The van der Waals surface area contributed by atoms with Crippen molar-refractivity contribution in [3.8, 4) is 0 Å². The monoisotopic (exact) mass is 749 g/mol. The normalized spacial score (nSPS) is 30.7. The van der Waals surface area contributed by atoms with Crippen LogP contribution in [0.2, 0.25) is 0 Å². The topological polar surface area (TPSA) is 185 Å². The van der Waals surface area contributed by atoms with Crippen molar-refractivity contribution in [1.29, 1.82) is 0 Å². The average molecular weight is 749 g/mol. The lowest BCUT2D eigenvalue weighted by atomic mass is 9.97. The van der Waals surface area contributed by atoms with Crippen molar-refractivity contribution < 1.29 is 59.1 Å². The lowest BCUT2D eigenvalue weighted by Crippen LogP contribution is -2.63. The number of ether oxygens (including phenoxy) is 5. The third kappa shape index (κ3) is 18.1. The Labute approximate surface area is 313 Å². The predicted octanol–water partition coefficient (Wildman–Crippen LogP) is 5.92. The van der Waals surface area contributed by atoms with Gasteiger partial charge in [0.2, 0.25) is 6.29 Å². The number of unbranched alkanes of at least 4 members (excludes halogenated alkanes) is 18. The summed E-state index contributed by atoms with van der Waals surface area (Å²) in [6, 6.07) is 0. The van der Waals surface area contributed by atoms with E-state index < -0.39 is 79.8 Å². The van der Waals surface area contributed by atoms with Gasteiger partial charge in [-0.3, -0.25) is 4.79 Å². The zero-order valence-electron chi connectivity index (χ0n) is 32.8. The number of aliphatic hydroxyl groups excluding tert-OH is 6. The maximum atomic E-state index is 13.1. The van der Waals surface area contributed by atoms with E-state index in [4.69, 9.17) is 23.7 Å². The molecular formula is C40H76O12. The number of rotatable bonds is 29. The maximum Gasteiger partial charge on any atom is 0.310 e. The van der Waals surface area contributed by atoms with E-state index in [2.05, 4.69) is 13.8 Å². The molecule has 12 nitrogen and oxygen atoms in total. The van der Waals surface area contributed by atoms with Crippen LogP contribution < -0.4 is 0 Å². The number of hydrogen-bond donors (Lipinski definition) is 6. The van der Waals surface area contributed by atoms with E-state index in [1.807, 2.05) is 0 Å². The van der Waals surface area contributed by atoms with E-state index in [9.17, 15) is 35.4 Å². The van der Waals surface area contributed by atoms with Gasteiger partial charge in [-0.1, -0.05) is 136 Å². The lowest BCUT2D eigenvalue weighted by molar-refractivity contribution is -0.366. The van der Waals surface area contributed by atoms with Gasteiger partial charge in [0, 0.05) is 6.42 Å². The molecule has 0 aliphatic carbocycles. The highest BCUT2D eigenvalue weighted by Crippen LogP contribution is 2.31.